The molecule has 0 saturated carbocycles. The molecule has 6 nitrogen and oxygen atoms in total. The van der Waals surface area contributed by atoms with Gasteiger partial charge in [-0.2, -0.15) is 4.98 Å². The summed E-state index contributed by atoms with van der Waals surface area (Å²) in [4.78, 5) is 8.75. The third kappa shape index (κ3) is 2.24. The molecule has 0 aliphatic carbocycles. The van der Waals surface area contributed by atoms with Gasteiger partial charge in [0.25, 0.3) is 0 Å². The van der Waals surface area contributed by atoms with Crippen LogP contribution in [0.4, 0.5) is 0 Å². The quantitative estimate of drug-likeness (QED) is 0.922. The van der Waals surface area contributed by atoms with E-state index in [9.17, 15) is 0 Å². The van der Waals surface area contributed by atoms with Crippen molar-refractivity contribution in [3.8, 4) is 11.5 Å². The zero-order valence-electron chi connectivity index (χ0n) is 12.1. The molecule has 2 aromatic rings. The van der Waals surface area contributed by atoms with Gasteiger partial charge in [0.2, 0.25) is 11.7 Å². The number of aromatic nitrogens is 4. The summed E-state index contributed by atoms with van der Waals surface area (Å²) < 4.78 is 7.50. The minimum atomic E-state index is -0.00313. The minimum absolute atomic E-state index is 0.00313. The van der Waals surface area contributed by atoms with Gasteiger partial charge >= 0.3 is 0 Å². The van der Waals surface area contributed by atoms with E-state index in [0.717, 1.165) is 50.4 Å². The van der Waals surface area contributed by atoms with E-state index in [1.54, 1.807) is 12.5 Å². The van der Waals surface area contributed by atoms with Crippen LogP contribution in [0.5, 0.6) is 0 Å². The summed E-state index contributed by atoms with van der Waals surface area (Å²) in [5.74, 6) is 1.39. The smallest absolute Gasteiger partial charge is 0.234 e. The molecule has 1 aliphatic rings. The van der Waals surface area contributed by atoms with Crippen molar-refractivity contribution in [1.82, 2.24) is 25.0 Å². The molecular formula is C14H21N5O. The normalized spacial score (nSPS) is 23.1. The predicted octanol–water partition coefficient (Wildman–Crippen LogP) is 1.89. The summed E-state index contributed by atoms with van der Waals surface area (Å²) in [7, 11) is 1.93. The van der Waals surface area contributed by atoms with Crippen molar-refractivity contribution >= 4 is 0 Å². The van der Waals surface area contributed by atoms with Crippen LogP contribution in [0, 0.1) is 0 Å². The number of rotatable bonds is 4. The van der Waals surface area contributed by atoms with Gasteiger partial charge in [-0.25, -0.2) is 4.98 Å². The lowest BCUT2D eigenvalue weighted by atomic mass is 9.77. The van der Waals surface area contributed by atoms with Gasteiger partial charge in [0.05, 0.1) is 17.9 Å². The van der Waals surface area contributed by atoms with Gasteiger partial charge < -0.3 is 14.4 Å². The minimum Gasteiger partial charge on any atom is -0.338 e. The molecule has 1 fully saturated rings. The Kier molecular flexibility index (Phi) is 3.56. The van der Waals surface area contributed by atoms with Gasteiger partial charge in [-0.15, -0.1) is 0 Å². The molecule has 6 heteroatoms. The number of nitrogens with zero attached hydrogens (tertiary/aromatic N) is 4. The maximum absolute atomic E-state index is 5.60. The van der Waals surface area contributed by atoms with Gasteiger partial charge in [0.1, 0.15) is 5.69 Å². The standard InChI is InChI=1S/C14H21N5O/c1-3-5-14(6-4-7-15-9-14)13-17-12(18-20-13)11-8-16-10-19(11)2/h8,10,15H,3-7,9H2,1-2H3. The van der Waals surface area contributed by atoms with Crippen molar-refractivity contribution in [3.05, 3.63) is 18.4 Å². The van der Waals surface area contributed by atoms with Gasteiger partial charge in [0, 0.05) is 13.6 Å². The molecule has 1 N–H and O–H groups in total. The number of nitrogens with one attached hydrogen (secondary N) is 1. The lowest BCUT2D eigenvalue weighted by molar-refractivity contribution is 0.213. The summed E-state index contributed by atoms with van der Waals surface area (Å²) in [5, 5.41) is 7.62. The number of piperidine rings is 1. The Hall–Kier alpha value is -1.69. The molecule has 1 aliphatic heterocycles. The van der Waals surface area contributed by atoms with E-state index in [0.29, 0.717) is 5.82 Å². The van der Waals surface area contributed by atoms with Crippen molar-refractivity contribution in [2.24, 2.45) is 7.05 Å². The molecule has 0 spiro atoms. The second-order valence-electron chi connectivity index (χ2n) is 5.62. The van der Waals surface area contributed by atoms with E-state index in [-0.39, 0.29) is 5.41 Å². The van der Waals surface area contributed by atoms with Crippen LogP contribution >= 0.6 is 0 Å². The number of hydrogen-bond donors (Lipinski definition) is 1. The van der Waals surface area contributed by atoms with Crippen LogP contribution < -0.4 is 5.32 Å². The SMILES string of the molecule is CCCC1(c2nc(-c3cncn3C)no2)CCCNC1. The highest BCUT2D eigenvalue weighted by atomic mass is 16.5. The first kappa shape index (κ1) is 13.3. The average Bonchev–Trinajstić information content (AvgIpc) is 3.08. The summed E-state index contributed by atoms with van der Waals surface area (Å²) in [6.45, 7) is 4.21. The largest absolute Gasteiger partial charge is 0.338 e. The predicted molar refractivity (Wildman–Crippen MR) is 75.2 cm³/mol. The first-order chi connectivity index (χ1) is 9.75. The molecule has 1 saturated heterocycles. The van der Waals surface area contributed by atoms with Crippen LogP contribution in [0.1, 0.15) is 38.5 Å². The van der Waals surface area contributed by atoms with Crippen LogP contribution in [-0.2, 0) is 12.5 Å². The third-order valence-electron chi connectivity index (χ3n) is 4.13. The van der Waals surface area contributed by atoms with Crippen LogP contribution in [0.25, 0.3) is 11.5 Å². The molecule has 108 valence electrons. The van der Waals surface area contributed by atoms with Gasteiger partial charge in [-0.05, 0) is 25.8 Å². The van der Waals surface area contributed by atoms with Crippen molar-refractivity contribution < 1.29 is 4.52 Å². The Morgan fingerprint density at radius 3 is 3.05 bits per heavy atom. The van der Waals surface area contributed by atoms with Crippen LogP contribution in [0.15, 0.2) is 17.0 Å². The molecule has 20 heavy (non-hydrogen) atoms. The number of aryl methyl sites for hydroxylation is 1. The zero-order valence-corrected chi connectivity index (χ0v) is 12.1. The molecule has 0 bridgehead atoms. The highest BCUT2D eigenvalue weighted by molar-refractivity contribution is 5.47. The summed E-state index contributed by atoms with van der Waals surface area (Å²) >= 11 is 0. The fourth-order valence-electron chi connectivity index (χ4n) is 3.06. The fourth-order valence-corrected chi connectivity index (χ4v) is 3.06. The Morgan fingerprint density at radius 2 is 2.40 bits per heavy atom. The highest BCUT2D eigenvalue weighted by Gasteiger charge is 2.38. The van der Waals surface area contributed by atoms with E-state index in [4.69, 9.17) is 4.52 Å². The van der Waals surface area contributed by atoms with Gasteiger partial charge in [0.15, 0.2) is 0 Å². The van der Waals surface area contributed by atoms with E-state index in [1.807, 2.05) is 11.6 Å². The molecule has 0 amide bonds. The van der Waals surface area contributed by atoms with Crippen molar-refractivity contribution in [1.29, 1.82) is 0 Å². The molecule has 1 unspecified atom stereocenters. The van der Waals surface area contributed by atoms with E-state index in [2.05, 4.69) is 27.4 Å². The topological polar surface area (TPSA) is 68.8 Å². The number of imidazole rings is 1. The second-order valence-corrected chi connectivity index (χ2v) is 5.62. The average molecular weight is 275 g/mol. The Morgan fingerprint density at radius 1 is 1.50 bits per heavy atom. The van der Waals surface area contributed by atoms with E-state index < -0.39 is 0 Å². The molecular weight excluding hydrogens is 254 g/mol. The monoisotopic (exact) mass is 275 g/mol. The molecule has 2 aromatic heterocycles. The maximum Gasteiger partial charge on any atom is 0.234 e. The van der Waals surface area contributed by atoms with Crippen LogP contribution in [-0.4, -0.2) is 32.8 Å². The second kappa shape index (κ2) is 5.36. The molecule has 0 radical (unpaired) electrons. The molecule has 3 rings (SSSR count). The zero-order chi connectivity index (χ0) is 14.0. The highest BCUT2D eigenvalue weighted by Crippen LogP contribution is 2.35. The van der Waals surface area contributed by atoms with E-state index in [1.165, 1.54) is 0 Å². The van der Waals surface area contributed by atoms with Crippen LogP contribution in [0.2, 0.25) is 0 Å². The lowest BCUT2D eigenvalue weighted by Crippen LogP contribution is -2.43. The molecule has 1 atom stereocenters. The summed E-state index contributed by atoms with van der Waals surface area (Å²) in [6, 6.07) is 0. The van der Waals surface area contributed by atoms with E-state index >= 15 is 0 Å². The summed E-state index contributed by atoms with van der Waals surface area (Å²) in [5.41, 5.74) is 0.882. The Bertz CT molecular complexity index is 562. The first-order valence-electron chi connectivity index (χ1n) is 7.27. The van der Waals surface area contributed by atoms with Crippen molar-refractivity contribution in [2.75, 3.05) is 13.1 Å². The lowest BCUT2D eigenvalue weighted by Gasteiger charge is -2.34. The Labute approximate surface area is 118 Å². The molecule has 3 heterocycles. The van der Waals surface area contributed by atoms with Crippen molar-refractivity contribution in [2.45, 2.75) is 38.0 Å². The van der Waals surface area contributed by atoms with Gasteiger partial charge in [-0.1, -0.05) is 18.5 Å². The van der Waals surface area contributed by atoms with Gasteiger partial charge in [-0.3, -0.25) is 0 Å². The third-order valence-corrected chi connectivity index (χ3v) is 4.13. The molecule has 0 aromatic carbocycles. The van der Waals surface area contributed by atoms with Crippen molar-refractivity contribution in [3.63, 3.8) is 0 Å². The maximum atomic E-state index is 5.60. The fraction of sp³-hybridized carbons (Fsp3) is 0.643. The summed E-state index contributed by atoms with van der Waals surface area (Å²) in [6.07, 6.45) is 7.97. The Balaban J connectivity index is 1.93. The number of hydrogen-bond acceptors (Lipinski definition) is 5. The first-order valence-corrected chi connectivity index (χ1v) is 7.27. The van der Waals surface area contributed by atoms with Crippen LogP contribution in [0.3, 0.4) is 0 Å².